The molecular formula is C15H17Cl2NO5. The van der Waals surface area contributed by atoms with Gasteiger partial charge in [0.1, 0.15) is 5.75 Å². The molecule has 1 heterocycles. The maximum Gasteiger partial charge on any atom is 0.305 e. The first-order chi connectivity index (χ1) is 10.9. The average molecular weight is 362 g/mol. The Hall–Kier alpha value is -1.50. The van der Waals surface area contributed by atoms with Gasteiger partial charge in [-0.3, -0.25) is 9.59 Å². The van der Waals surface area contributed by atoms with Crippen LogP contribution in [0.3, 0.4) is 0 Å². The van der Waals surface area contributed by atoms with Crippen molar-refractivity contribution < 1.29 is 24.2 Å². The molecule has 8 heteroatoms. The molecule has 1 aliphatic heterocycles. The van der Waals surface area contributed by atoms with Crippen molar-refractivity contribution in [2.45, 2.75) is 25.0 Å². The Bertz CT molecular complexity index is 575. The molecule has 2 atom stereocenters. The highest BCUT2D eigenvalue weighted by Crippen LogP contribution is 2.25. The number of halogens is 2. The van der Waals surface area contributed by atoms with Crippen molar-refractivity contribution in [3.63, 3.8) is 0 Å². The lowest BCUT2D eigenvalue weighted by Gasteiger charge is -2.23. The molecule has 1 saturated heterocycles. The first kappa shape index (κ1) is 17.8. The van der Waals surface area contributed by atoms with Crippen LogP contribution >= 0.6 is 23.2 Å². The van der Waals surface area contributed by atoms with Crippen LogP contribution in [0.25, 0.3) is 0 Å². The number of nitrogens with zero attached hydrogens (tertiary/aromatic N) is 1. The highest BCUT2D eigenvalue weighted by molar-refractivity contribution is 6.34. The van der Waals surface area contributed by atoms with E-state index in [2.05, 4.69) is 0 Å². The lowest BCUT2D eigenvalue weighted by Crippen LogP contribution is -2.40. The fourth-order valence-electron chi connectivity index (χ4n) is 2.58. The van der Waals surface area contributed by atoms with Gasteiger partial charge in [-0.1, -0.05) is 23.2 Å². The van der Waals surface area contributed by atoms with Gasteiger partial charge in [-0.2, -0.15) is 0 Å². The summed E-state index contributed by atoms with van der Waals surface area (Å²) in [6.07, 6.45) is 0.218. The second kappa shape index (κ2) is 7.86. The van der Waals surface area contributed by atoms with E-state index in [1.807, 2.05) is 0 Å². The highest BCUT2D eigenvalue weighted by atomic mass is 35.5. The number of benzene rings is 1. The van der Waals surface area contributed by atoms with Crippen LogP contribution in [0, 0.1) is 0 Å². The fourth-order valence-corrected chi connectivity index (χ4v) is 3.09. The summed E-state index contributed by atoms with van der Waals surface area (Å²) in [6.45, 7) is 0.135. The normalized spacial score (nSPS) is 20.6. The van der Waals surface area contributed by atoms with Crippen molar-refractivity contribution in [2.75, 3.05) is 20.3 Å². The number of methoxy groups -OCH3 is 1. The Balaban J connectivity index is 1.98. The monoisotopic (exact) mass is 361 g/mol. The quantitative estimate of drug-likeness (QED) is 0.841. The number of carboxylic acids is 1. The predicted octanol–water partition coefficient (Wildman–Crippen LogP) is 2.46. The minimum absolute atomic E-state index is 0.116. The van der Waals surface area contributed by atoms with E-state index in [4.69, 9.17) is 37.8 Å². The molecule has 0 aliphatic carbocycles. The van der Waals surface area contributed by atoms with Gasteiger partial charge < -0.3 is 19.5 Å². The fraction of sp³-hybridized carbons (Fsp3) is 0.467. The van der Waals surface area contributed by atoms with Gasteiger partial charge in [-0.25, -0.2) is 0 Å². The van der Waals surface area contributed by atoms with Gasteiger partial charge in [0.2, 0.25) is 0 Å². The standard InChI is InChI=1S/C15H17Cl2NO5/c1-22-13-5-11(6-15(20)21)18(7-13)14(19)8-23-12-3-9(16)2-10(17)4-12/h2-4,11,13H,5-8H2,1H3,(H,20,21). The molecule has 126 valence electrons. The molecule has 1 aliphatic rings. The number of carboxylic acid groups (broad SMARTS) is 1. The molecule has 1 aromatic rings. The van der Waals surface area contributed by atoms with Crippen LogP contribution in [0.1, 0.15) is 12.8 Å². The number of amides is 1. The minimum atomic E-state index is -0.952. The second-order valence-electron chi connectivity index (χ2n) is 5.29. The predicted molar refractivity (Wildman–Crippen MR) is 85.1 cm³/mol. The van der Waals surface area contributed by atoms with E-state index in [1.165, 1.54) is 4.90 Å². The SMILES string of the molecule is COC1CC(CC(=O)O)N(C(=O)COc2cc(Cl)cc(Cl)c2)C1. The zero-order chi connectivity index (χ0) is 17.0. The number of aliphatic carboxylic acids is 1. The largest absolute Gasteiger partial charge is 0.484 e. The molecule has 2 unspecified atom stereocenters. The third-order valence-corrected chi connectivity index (χ3v) is 4.07. The Morgan fingerprint density at radius 1 is 1.30 bits per heavy atom. The number of hydrogen-bond acceptors (Lipinski definition) is 4. The lowest BCUT2D eigenvalue weighted by molar-refractivity contribution is -0.140. The second-order valence-corrected chi connectivity index (χ2v) is 6.16. The number of carbonyl (C=O) groups excluding carboxylic acids is 1. The molecule has 6 nitrogen and oxygen atoms in total. The maximum absolute atomic E-state index is 12.3. The number of carbonyl (C=O) groups is 2. The summed E-state index contributed by atoms with van der Waals surface area (Å²) in [7, 11) is 1.54. The van der Waals surface area contributed by atoms with Crippen LogP contribution in [0.15, 0.2) is 18.2 Å². The highest BCUT2D eigenvalue weighted by Gasteiger charge is 2.36. The topological polar surface area (TPSA) is 76.1 Å². The lowest BCUT2D eigenvalue weighted by atomic mass is 10.1. The summed E-state index contributed by atoms with van der Waals surface area (Å²) in [5.74, 6) is -0.868. The first-order valence-corrected chi connectivity index (χ1v) is 7.77. The van der Waals surface area contributed by atoms with Gasteiger partial charge in [0.15, 0.2) is 6.61 Å². The summed E-state index contributed by atoms with van der Waals surface area (Å²) in [5, 5.41) is 9.78. The molecule has 1 N–H and O–H groups in total. The first-order valence-electron chi connectivity index (χ1n) is 7.02. The number of rotatable bonds is 6. The van der Waals surface area contributed by atoms with Gasteiger partial charge >= 0.3 is 5.97 Å². The molecule has 1 amide bonds. The molecule has 1 fully saturated rings. The Morgan fingerprint density at radius 2 is 1.96 bits per heavy atom. The molecule has 2 rings (SSSR count). The van der Waals surface area contributed by atoms with Crippen LogP contribution in [-0.4, -0.2) is 54.3 Å². The third-order valence-electron chi connectivity index (χ3n) is 3.64. The third kappa shape index (κ3) is 4.99. The van der Waals surface area contributed by atoms with Gasteiger partial charge in [0, 0.05) is 29.7 Å². The van der Waals surface area contributed by atoms with Crippen molar-refractivity contribution >= 4 is 35.1 Å². The van der Waals surface area contributed by atoms with Crippen LogP contribution in [0.2, 0.25) is 10.0 Å². The summed E-state index contributed by atoms with van der Waals surface area (Å²) >= 11 is 11.7. The van der Waals surface area contributed by atoms with E-state index >= 15 is 0 Å². The zero-order valence-electron chi connectivity index (χ0n) is 12.5. The van der Waals surface area contributed by atoms with Gasteiger partial charge in [0.25, 0.3) is 5.91 Å². The van der Waals surface area contributed by atoms with E-state index in [1.54, 1.807) is 25.3 Å². The van der Waals surface area contributed by atoms with Gasteiger partial charge in [0.05, 0.1) is 12.5 Å². The van der Waals surface area contributed by atoms with E-state index in [0.29, 0.717) is 28.8 Å². The number of hydrogen-bond donors (Lipinski definition) is 1. The van der Waals surface area contributed by atoms with E-state index in [0.717, 1.165) is 0 Å². The van der Waals surface area contributed by atoms with Crippen molar-refractivity contribution in [2.24, 2.45) is 0 Å². The summed E-state index contributed by atoms with van der Waals surface area (Å²) in [6, 6.07) is 4.27. The van der Waals surface area contributed by atoms with Crippen molar-refractivity contribution in [1.82, 2.24) is 4.90 Å². The molecule has 1 aromatic carbocycles. The number of likely N-dealkylation sites (tertiary alicyclic amines) is 1. The van der Waals surface area contributed by atoms with E-state index in [-0.39, 0.29) is 25.0 Å². The van der Waals surface area contributed by atoms with Crippen LogP contribution in [-0.2, 0) is 14.3 Å². The molecule has 0 radical (unpaired) electrons. The average Bonchev–Trinajstić information content (AvgIpc) is 2.86. The summed E-state index contributed by atoms with van der Waals surface area (Å²) in [4.78, 5) is 24.8. The summed E-state index contributed by atoms with van der Waals surface area (Å²) < 4.78 is 10.7. The smallest absolute Gasteiger partial charge is 0.305 e. The molecule has 0 spiro atoms. The molecule has 0 saturated carbocycles. The molecular weight excluding hydrogens is 345 g/mol. The molecule has 0 bridgehead atoms. The van der Waals surface area contributed by atoms with Gasteiger partial charge in [-0.15, -0.1) is 0 Å². The van der Waals surface area contributed by atoms with E-state index < -0.39 is 12.0 Å². The van der Waals surface area contributed by atoms with E-state index in [9.17, 15) is 9.59 Å². The Morgan fingerprint density at radius 3 is 2.52 bits per heavy atom. The van der Waals surface area contributed by atoms with Crippen LogP contribution in [0.5, 0.6) is 5.75 Å². The van der Waals surface area contributed by atoms with Crippen molar-refractivity contribution in [3.05, 3.63) is 28.2 Å². The minimum Gasteiger partial charge on any atom is -0.484 e. The van der Waals surface area contributed by atoms with Crippen LogP contribution < -0.4 is 4.74 Å². The molecule has 23 heavy (non-hydrogen) atoms. The maximum atomic E-state index is 12.3. The van der Waals surface area contributed by atoms with Gasteiger partial charge in [-0.05, 0) is 24.6 Å². The molecule has 0 aromatic heterocycles. The summed E-state index contributed by atoms with van der Waals surface area (Å²) in [5.41, 5.74) is 0. The number of ether oxygens (including phenoxy) is 2. The van der Waals surface area contributed by atoms with Crippen LogP contribution in [0.4, 0.5) is 0 Å². The zero-order valence-corrected chi connectivity index (χ0v) is 14.0. The Kier molecular flexibility index (Phi) is 6.10. The Labute approximate surface area is 143 Å². The van der Waals surface area contributed by atoms with Crippen molar-refractivity contribution in [1.29, 1.82) is 0 Å². The van der Waals surface area contributed by atoms with Crippen molar-refractivity contribution in [3.8, 4) is 5.75 Å².